The second-order valence-electron chi connectivity index (χ2n) is 4.43. The van der Waals surface area contributed by atoms with Crippen LogP contribution in [0.1, 0.15) is 19.4 Å². The van der Waals surface area contributed by atoms with Gasteiger partial charge in [0.15, 0.2) is 0 Å². The average Bonchev–Trinajstić information content (AvgIpc) is 2.68. The van der Waals surface area contributed by atoms with Crippen LogP contribution in [-0.2, 0) is 13.0 Å². The Kier molecular flexibility index (Phi) is 3.52. The number of para-hydroxylation sites is 1. The van der Waals surface area contributed by atoms with Crippen molar-refractivity contribution in [3.05, 3.63) is 48.3 Å². The van der Waals surface area contributed by atoms with Crippen LogP contribution in [0.2, 0.25) is 0 Å². The minimum absolute atomic E-state index is 0.928. The Morgan fingerprint density at radius 2 is 2.12 bits per heavy atom. The number of benzene rings is 1. The molecular weight excluding hydrogens is 208 g/mol. The maximum absolute atomic E-state index is 3.85. The summed E-state index contributed by atoms with van der Waals surface area (Å²) in [5.74, 6) is 0. The van der Waals surface area contributed by atoms with Crippen LogP contribution in [0, 0.1) is 0 Å². The molecule has 0 fully saturated rings. The maximum Gasteiger partial charge on any atom is 0.0483 e. The summed E-state index contributed by atoms with van der Waals surface area (Å²) in [5.41, 5.74) is 3.78. The molecule has 17 heavy (non-hydrogen) atoms. The monoisotopic (exact) mass is 228 g/mol. The first-order valence-corrected chi connectivity index (χ1v) is 6.18. The second-order valence-corrected chi connectivity index (χ2v) is 4.43. The van der Waals surface area contributed by atoms with Crippen LogP contribution in [0.4, 0.5) is 0 Å². The zero-order chi connectivity index (χ0) is 12.3. The zero-order valence-electron chi connectivity index (χ0n) is 10.7. The predicted molar refractivity (Wildman–Crippen MR) is 74.1 cm³/mol. The number of rotatable bonds is 5. The lowest BCUT2D eigenvalue weighted by molar-refractivity contribution is 0.663. The molecule has 1 heterocycles. The minimum Gasteiger partial charge on any atom is -0.387 e. The summed E-state index contributed by atoms with van der Waals surface area (Å²) in [5, 5.41) is 4.65. The fourth-order valence-corrected chi connectivity index (χ4v) is 2.18. The summed E-state index contributed by atoms with van der Waals surface area (Å²) in [6.07, 6.45) is 3.35. The fraction of sp³-hybridized carbons (Fsp3) is 0.333. The predicted octanol–water partition coefficient (Wildman–Crippen LogP) is 3.33. The van der Waals surface area contributed by atoms with Gasteiger partial charge in [0.1, 0.15) is 0 Å². The highest BCUT2D eigenvalue weighted by Gasteiger charge is 2.05. The molecule has 1 aromatic carbocycles. The molecule has 2 heteroatoms. The Labute approximate surface area is 103 Å². The van der Waals surface area contributed by atoms with Crippen LogP contribution in [0.25, 0.3) is 10.9 Å². The molecule has 0 aliphatic carbocycles. The van der Waals surface area contributed by atoms with Gasteiger partial charge in [-0.05, 0) is 25.0 Å². The van der Waals surface area contributed by atoms with Gasteiger partial charge in [-0.25, -0.2) is 0 Å². The summed E-state index contributed by atoms with van der Waals surface area (Å²) in [6, 6.07) is 8.61. The highest BCUT2D eigenvalue weighted by Crippen LogP contribution is 2.21. The van der Waals surface area contributed by atoms with Gasteiger partial charge in [0.25, 0.3) is 0 Å². The summed E-state index contributed by atoms with van der Waals surface area (Å²) in [6.45, 7) is 9.95. The van der Waals surface area contributed by atoms with Gasteiger partial charge in [-0.2, -0.15) is 0 Å². The molecule has 90 valence electrons. The third-order valence-corrected chi connectivity index (χ3v) is 3.03. The van der Waals surface area contributed by atoms with Gasteiger partial charge < -0.3 is 9.88 Å². The molecule has 0 atom stereocenters. The number of fused-ring (bicyclic) bond motifs is 1. The average molecular weight is 228 g/mol. The van der Waals surface area contributed by atoms with Crippen molar-refractivity contribution in [1.82, 2.24) is 9.88 Å². The Hall–Kier alpha value is -1.70. The van der Waals surface area contributed by atoms with E-state index >= 15 is 0 Å². The first-order valence-electron chi connectivity index (χ1n) is 6.18. The van der Waals surface area contributed by atoms with E-state index in [1.807, 2.05) is 6.92 Å². The lowest BCUT2D eigenvalue weighted by Crippen LogP contribution is -2.16. The van der Waals surface area contributed by atoms with Crippen LogP contribution in [-0.4, -0.2) is 11.1 Å². The molecule has 0 spiro atoms. The van der Waals surface area contributed by atoms with Crippen molar-refractivity contribution in [2.45, 2.75) is 26.8 Å². The van der Waals surface area contributed by atoms with Crippen molar-refractivity contribution in [2.75, 3.05) is 6.54 Å². The lowest BCUT2D eigenvalue weighted by Gasteiger charge is -2.07. The molecule has 0 bridgehead atoms. The quantitative estimate of drug-likeness (QED) is 0.830. The molecule has 1 N–H and O–H groups in total. The number of hydrogen-bond donors (Lipinski definition) is 1. The Balaban J connectivity index is 2.24. The van der Waals surface area contributed by atoms with E-state index in [0.29, 0.717) is 0 Å². The van der Waals surface area contributed by atoms with Crippen LogP contribution in [0.15, 0.2) is 42.7 Å². The van der Waals surface area contributed by atoms with Crippen LogP contribution >= 0.6 is 0 Å². The molecule has 0 aliphatic heterocycles. The summed E-state index contributed by atoms with van der Waals surface area (Å²) >= 11 is 0. The fourth-order valence-electron chi connectivity index (χ4n) is 2.18. The lowest BCUT2D eigenvalue weighted by atomic mass is 10.1. The van der Waals surface area contributed by atoms with E-state index in [9.17, 15) is 0 Å². The first-order chi connectivity index (χ1) is 8.22. The normalized spacial score (nSPS) is 10.7. The van der Waals surface area contributed by atoms with Gasteiger partial charge in [0.05, 0.1) is 0 Å². The molecule has 0 saturated heterocycles. The van der Waals surface area contributed by atoms with Crippen molar-refractivity contribution < 1.29 is 0 Å². The Morgan fingerprint density at radius 1 is 1.35 bits per heavy atom. The van der Waals surface area contributed by atoms with Gasteiger partial charge in [-0.3, -0.25) is 0 Å². The van der Waals surface area contributed by atoms with E-state index in [2.05, 4.69) is 53.8 Å². The molecule has 2 aromatic rings. The number of aromatic nitrogens is 1. The standard InChI is InChI=1S/C15H20N2/c1-4-13-11-17(10-9-16-12(2)3)15-8-6-5-7-14(13)15/h5-8,11,16H,2,4,9-10H2,1,3H3. The van der Waals surface area contributed by atoms with E-state index < -0.39 is 0 Å². The molecule has 0 radical (unpaired) electrons. The van der Waals surface area contributed by atoms with Crippen molar-refractivity contribution in [3.8, 4) is 0 Å². The number of hydrogen-bond acceptors (Lipinski definition) is 1. The van der Waals surface area contributed by atoms with E-state index in [1.165, 1.54) is 16.5 Å². The number of aryl methyl sites for hydroxylation is 1. The van der Waals surface area contributed by atoms with E-state index in [0.717, 1.165) is 25.2 Å². The van der Waals surface area contributed by atoms with E-state index in [1.54, 1.807) is 0 Å². The third kappa shape index (κ3) is 2.52. The Morgan fingerprint density at radius 3 is 2.82 bits per heavy atom. The second kappa shape index (κ2) is 5.09. The smallest absolute Gasteiger partial charge is 0.0483 e. The molecule has 2 rings (SSSR count). The molecular formula is C15H20N2. The van der Waals surface area contributed by atoms with Crippen molar-refractivity contribution in [2.24, 2.45) is 0 Å². The highest BCUT2D eigenvalue weighted by atomic mass is 15.0. The van der Waals surface area contributed by atoms with E-state index in [-0.39, 0.29) is 0 Å². The molecule has 0 amide bonds. The summed E-state index contributed by atoms with van der Waals surface area (Å²) in [7, 11) is 0. The van der Waals surface area contributed by atoms with Gasteiger partial charge in [-0.15, -0.1) is 0 Å². The van der Waals surface area contributed by atoms with Crippen molar-refractivity contribution in [1.29, 1.82) is 0 Å². The number of nitrogens with one attached hydrogen (secondary N) is 1. The molecule has 0 unspecified atom stereocenters. The van der Waals surface area contributed by atoms with Gasteiger partial charge >= 0.3 is 0 Å². The zero-order valence-corrected chi connectivity index (χ0v) is 10.7. The van der Waals surface area contributed by atoms with Crippen molar-refractivity contribution in [3.63, 3.8) is 0 Å². The SMILES string of the molecule is C=C(C)NCCn1cc(CC)c2ccccc21. The number of allylic oxidation sites excluding steroid dienone is 1. The highest BCUT2D eigenvalue weighted by molar-refractivity contribution is 5.83. The molecule has 2 nitrogen and oxygen atoms in total. The largest absolute Gasteiger partial charge is 0.387 e. The van der Waals surface area contributed by atoms with E-state index in [4.69, 9.17) is 0 Å². The topological polar surface area (TPSA) is 17.0 Å². The van der Waals surface area contributed by atoms with Gasteiger partial charge in [-0.1, -0.05) is 31.7 Å². The van der Waals surface area contributed by atoms with Crippen LogP contribution in [0.3, 0.4) is 0 Å². The summed E-state index contributed by atoms with van der Waals surface area (Å²) in [4.78, 5) is 0. The van der Waals surface area contributed by atoms with Crippen molar-refractivity contribution >= 4 is 10.9 Å². The molecule has 1 aromatic heterocycles. The summed E-state index contributed by atoms with van der Waals surface area (Å²) < 4.78 is 2.32. The third-order valence-electron chi connectivity index (χ3n) is 3.03. The molecule has 0 aliphatic rings. The maximum atomic E-state index is 3.85. The van der Waals surface area contributed by atoms with Gasteiger partial charge in [0, 0.05) is 35.9 Å². The van der Waals surface area contributed by atoms with Crippen LogP contribution in [0.5, 0.6) is 0 Å². The number of nitrogens with zero attached hydrogens (tertiary/aromatic N) is 1. The Bertz CT molecular complexity index is 523. The minimum atomic E-state index is 0.928. The molecule has 0 saturated carbocycles. The van der Waals surface area contributed by atoms with Crippen LogP contribution < -0.4 is 5.32 Å². The first kappa shape index (κ1) is 11.8. The van der Waals surface area contributed by atoms with Gasteiger partial charge in [0.2, 0.25) is 0 Å².